The van der Waals surface area contributed by atoms with E-state index < -0.39 is 5.92 Å². The van der Waals surface area contributed by atoms with Crippen LogP contribution in [0.4, 0.5) is 8.78 Å². The largest absolute Gasteiger partial charge is 0.300 e. The fourth-order valence-electron chi connectivity index (χ4n) is 1.34. The smallest absolute Gasteiger partial charge is 0.248 e. The molecule has 0 radical (unpaired) electrons. The molecule has 0 aromatic heterocycles. The Morgan fingerprint density at radius 2 is 1.55 bits per heavy atom. The summed E-state index contributed by atoms with van der Waals surface area (Å²) in [7, 11) is 0. The molecule has 0 saturated heterocycles. The van der Waals surface area contributed by atoms with Gasteiger partial charge in [-0.2, -0.15) is 0 Å². The molecule has 0 N–H and O–H groups in total. The van der Waals surface area contributed by atoms with Gasteiger partial charge in [0.15, 0.2) is 0 Å². The van der Waals surface area contributed by atoms with Crippen LogP contribution >= 0.6 is 0 Å². The fourth-order valence-corrected chi connectivity index (χ4v) is 1.34. The fraction of sp³-hybridized carbons (Fsp3) is 0.875. The molecule has 1 nitrogen and oxygen atoms in total. The second-order valence-electron chi connectivity index (χ2n) is 3.10. The third-order valence-corrected chi connectivity index (χ3v) is 2.00. The van der Waals surface area contributed by atoms with Gasteiger partial charge in [-0.25, -0.2) is 8.78 Å². The Morgan fingerprint density at radius 3 is 2.00 bits per heavy atom. The van der Waals surface area contributed by atoms with Crippen LogP contribution in [-0.4, -0.2) is 11.7 Å². The summed E-state index contributed by atoms with van der Waals surface area (Å²) in [4.78, 5) is 10.8. The van der Waals surface area contributed by atoms with Crippen molar-refractivity contribution in [3.8, 4) is 0 Å². The van der Waals surface area contributed by atoms with Gasteiger partial charge in [-0.15, -0.1) is 0 Å². The van der Waals surface area contributed by atoms with Gasteiger partial charge in [0.2, 0.25) is 5.92 Å². The summed E-state index contributed by atoms with van der Waals surface area (Å²) in [5.41, 5.74) is 0. The maximum atomic E-state index is 12.7. The molecule has 64 valence electrons. The molecule has 1 aliphatic rings. The summed E-state index contributed by atoms with van der Waals surface area (Å²) < 4.78 is 25.3. The van der Waals surface area contributed by atoms with Crippen LogP contribution in [0.15, 0.2) is 0 Å². The zero-order valence-corrected chi connectivity index (χ0v) is 6.41. The Morgan fingerprint density at radius 1 is 1.09 bits per heavy atom. The molecule has 0 atom stereocenters. The quantitative estimate of drug-likeness (QED) is 0.535. The number of Topliss-reactive ketones (excluding diaryl/α,β-unsaturated/α-hetero) is 1. The minimum Gasteiger partial charge on any atom is -0.300 e. The van der Waals surface area contributed by atoms with Gasteiger partial charge in [-0.3, -0.25) is 4.79 Å². The standard InChI is InChI=1S/C8H12F2O/c9-8(10)5-1-3-7(11)4-2-6-8/h1-6H2. The Labute approximate surface area is 64.8 Å². The van der Waals surface area contributed by atoms with E-state index in [4.69, 9.17) is 0 Å². The van der Waals surface area contributed by atoms with E-state index >= 15 is 0 Å². The Balaban J connectivity index is 2.41. The average Bonchev–Trinajstić information content (AvgIpc) is 1.83. The maximum Gasteiger partial charge on any atom is 0.248 e. The molecule has 0 aliphatic heterocycles. The van der Waals surface area contributed by atoms with Crippen molar-refractivity contribution in [2.45, 2.75) is 44.4 Å². The van der Waals surface area contributed by atoms with Gasteiger partial charge in [-0.1, -0.05) is 0 Å². The minimum absolute atomic E-state index is 0.112. The molecule has 1 saturated carbocycles. The van der Waals surface area contributed by atoms with E-state index in [1.807, 2.05) is 0 Å². The molecular formula is C8H12F2O. The summed E-state index contributed by atoms with van der Waals surface area (Å²) in [6, 6.07) is 0. The highest BCUT2D eigenvalue weighted by Crippen LogP contribution is 2.29. The van der Waals surface area contributed by atoms with Crippen molar-refractivity contribution in [1.29, 1.82) is 0 Å². The van der Waals surface area contributed by atoms with Gasteiger partial charge < -0.3 is 0 Å². The molecule has 0 heterocycles. The first-order chi connectivity index (χ1) is 5.10. The first kappa shape index (κ1) is 8.62. The van der Waals surface area contributed by atoms with Crippen molar-refractivity contribution in [3.05, 3.63) is 0 Å². The SMILES string of the molecule is O=C1CCCC(F)(F)CCC1. The van der Waals surface area contributed by atoms with Crippen LogP contribution in [0.2, 0.25) is 0 Å². The van der Waals surface area contributed by atoms with Crippen molar-refractivity contribution < 1.29 is 13.6 Å². The number of ketones is 1. The van der Waals surface area contributed by atoms with Crippen molar-refractivity contribution in [1.82, 2.24) is 0 Å². The van der Waals surface area contributed by atoms with E-state index in [1.165, 1.54) is 0 Å². The molecule has 0 aromatic carbocycles. The topological polar surface area (TPSA) is 17.1 Å². The Kier molecular flexibility index (Phi) is 2.58. The summed E-state index contributed by atoms with van der Waals surface area (Å²) in [5, 5.41) is 0. The first-order valence-electron chi connectivity index (χ1n) is 4.00. The lowest BCUT2D eigenvalue weighted by atomic mass is 9.97. The number of hydrogen-bond donors (Lipinski definition) is 0. The van der Waals surface area contributed by atoms with E-state index in [2.05, 4.69) is 0 Å². The van der Waals surface area contributed by atoms with E-state index in [0.717, 1.165) is 0 Å². The van der Waals surface area contributed by atoms with Crippen LogP contribution in [0, 0.1) is 0 Å². The van der Waals surface area contributed by atoms with Crippen LogP contribution in [0.5, 0.6) is 0 Å². The lowest BCUT2D eigenvalue weighted by Crippen LogP contribution is -2.19. The highest BCUT2D eigenvalue weighted by molar-refractivity contribution is 5.78. The maximum absolute atomic E-state index is 12.7. The predicted molar refractivity (Wildman–Crippen MR) is 37.7 cm³/mol. The molecular weight excluding hydrogens is 150 g/mol. The Hall–Kier alpha value is -0.470. The number of alkyl halides is 2. The van der Waals surface area contributed by atoms with Crippen LogP contribution in [0.3, 0.4) is 0 Å². The van der Waals surface area contributed by atoms with Gasteiger partial charge in [0, 0.05) is 25.7 Å². The molecule has 0 spiro atoms. The highest BCUT2D eigenvalue weighted by atomic mass is 19.3. The zero-order chi connectivity index (χ0) is 8.32. The van der Waals surface area contributed by atoms with Crippen molar-refractivity contribution in [2.75, 3.05) is 0 Å². The van der Waals surface area contributed by atoms with Gasteiger partial charge in [0.1, 0.15) is 5.78 Å². The average molecular weight is 162 g/mol. The first-order valence-corrected chi connectivity index (χ1v) is 4.00. The summed E-state index contributed by atoms with van der Waals surface area (Å²) in [6.07, 6.45) is 1.17. The predicted octanol–water partition coefficient (Wildman–Crippen LogP) is 2.55. The lowest BCUT2D eigenvalue weighted by molar-refractivity contribution is -0.121. The molecule has 1 aliphatic carbocycles. The lowest BCUT2D eigenvalue weighted by Gasteiger charge is -2.17. The number of carbonyl (C=O) groups excluding carboxylic acids is 1. The number of rotatable bonds is 0. The van der Waals surface area contributed by atoms with Crippen LogP contribution < -0.4 is 0 Å². The van der Waals surface area contributed by atoms with Crippen molar-refractivity contribution in [3.63, 3.8) is 0 Å². The highest BCUT2D eigenvalue weighted by Gasteiger charge is 2.29. The van der Waals surface area contributed by atoms with E-state index in [-0.39, 0.29) is 18.6 Å². The van der Waals surface area contributed by atoms with Gasteiger partial charge in [0.05, 0.1) is 0 Å². The third kappa shape index (κ3) is 2.95. The van der Waals surface area contributed by atoms with E-state index in [1.54, 1.807) is 0 Å². The van der Waals surface area contributed by atoms with Crippen molar-refractivity contribution in [2.24, 2.45) is 0 Å². The second-order valence-corrected chi connectivity index (χ2v) is 3.10. The normalized spacial score (nSPS) is 25.8. The molecule has 0 bridgehead atoms. The van der Waals surface area contributed by atoms with Gasteiger partial charge >= 0.3 is 0 Å². The third-order valence-electron chi connectivity index (χ3n) is 2.00. The summed E-state index contributed by atoms with van der Waals surface area (Å²) in [5.74, 6) is -2.37. The molecule has 0 aromatic rings. The van der Waals surface area contributed by atoms with Crippen LogP contribution in [0.1, 0.15) is 38.5 Å². The van der Waals surface area contributed by atoms with E-state index in [0.29, 0.717) is 25.7 Å². The molecule has 0 amide bonds. The summed E-state index contributed by atoms with van der Waals surface area (Å²) in [6.45, 7) is 0. The number of carbonyl (C=O) groups is 1. The van der Waals surface area contributed by atoms with Gasteiger partial charge in [-0.05, 0) is 12.8 Å². The number of hydrogen-bond acceptors (Lipinski definition) is 1. The Bertz CT molecular complexity index is 140. The molecule has 0 unspecified atom stereocenters. The van der Waals surface area contributed by atoms with Crippen molar-refractivity contribution >= 4 is 5.78 Å². The monoisotopic (exact) mass is 162 g/mol. The van der Waals surface area contributed by atoms with Gasteiger partial charge in [0.25, 0.3) is 0 Å². The molecule has 3 heteroatoms. The molecule has 1 rings (SSSR count). The van der Waals surface area contributed by atoms with Crippen LogP contribution in [0.25, 0.3) is 0 Å². The van der Waals surface area contributed by atoms with E-state index in [9.17, 15) is 13.6 Å². The molecule has 11 heavy (non-hydrogen) atoms. The second kappa shape index (κ2) is 3.28. The summed E-state index contributed by atoms with van der Waals surface area (Å²) >= 11 is 0. The van der Waals surface area contributed by atoms with Crippen LogP contribution in [-0.2, 0) is 4.79 Å². The molecule has 1 fully saturated rings. The number of halogens is 2. The zero-order valence-electron chi connectivity index (χ0n) is 6.41. The minimum atomic E-state index is -2.51.